The van der Waals surface area contributed by atoms with Crippen molar-refractivity contribution >= 4 is 28.9 Å². The van der Waals surface area contributed by atoms with Gasteiger partial charge >= 0.3 is 0 Å². The van der Waals surface area contributed by atoms with Crippen LogP contribution in [0.15, 0.2) is 0 Å². The molecular weight excluding hydrogens is 212 g/mol. The van der Waals surface area contributed by atoms with E-state index in [0.29, 0.717) is 22.9 Å². The zero-order chi connectivity index (χ0) is 11.7. The van der Waals surface area contributed by atoms with Crippen LogP contribution in [0.4, 0.5) is 17.7 Å². The summed E-state index contributed by atoms with van der Waals surface area (Å²) in [5, 5.41) is 0. The fraction of sp³-hybridized carbons (Fsp3) is 0.167. The number of aromatic nitrogens is 4. The van der Waals surface area contributed by atoms with E-state index < -0.39 is 0 Å². The molecule has 2 aromatic heterocycles. The fourth-order valence-corrected chi connectivity index (χ4v) is 1.41. The van der Waals surface area contributed by atoms with Crippen molar-refractivity contribution in [1.82, 2.24) is 19.5 Å². The lowest BCUT2D eigenvalue weighted by atomic mass is 10.5. The van der Waals surface area contributed by atoms with Gasteiger partial charge in [-0.15, -0.1) is 0 Å². The number of nitrogens with zero attached hydrogens (tertiary/aromatic N) is 4. The maximum atomic E-state index is 5.36. The largest absolute Gasteiger partial charge is 0.308 e. The van der Waals surface area contributed by atoms with Gasteiger partial charge in [0.1, 0.15) is 5.52 Å². The first kappa shape index (κ1) is 10.4. The van der Waals surface area contributed by atoms with Crippen molar-refractivity contribution in [3.05, 3.63) is 0 Å². The van der Waals surface area contributed by atoms with Crippen molar-refractivity contribution in [3.8, 4) is 0 Å². The number of hydrogen-bond donors (Lipinski definition) is 6. The molecule has 9 N–H and O–H groups in total. The predicted octanol–water partition coefficient (Wildman–Crippen LogP) is -1.78. The summed E-state index contributed by atoms with van der Waals surface area (Å²) in [6.07, 6.45) is 0. The van der Waals surface area contributed by atoms with Gasteiger partial charge in [-0.3, -0.25) is 10.9 Å². The van der Waals surface area contributed by atoms with Crippen molar-refractivity contribution < 1.29 is 0 Å². The van der Waals surface area contributed by atoms with Gasteiger partial charge in [0.25, 0.3) is 0 Å². The summed E-state index contributed by atoms with van der Waals surface area (Å²) in [5.74, 6) is 16.9. The van der Waals surface area contributed by atoms with E-state index in [4.69, 9.17) is 17.5 Å². The maximum Gasteiger partial charge on any atom is 0.241 e. The van der Waals surface area contributed by atoms with Crippen LogP contribution in [0.2, 0.25) is 0 Å². The van der Waals surface area contributed by atoms with Crippen LogP contribution in [0.1, 0.15) is 0 Å². The number of nitrogen functional groups attached to an aromatic ring is 3. The maximum absolute atomic E-state index is 5.36. The molecule has 86 valence electrons. The lowest BCUT2D eigenvalue weighted by Gasteiger charge is -2.05. The van der Waals surface area contributed by atoms with Crippen molar-refractivity contribution in [1.29, 1.82) is 0 Å². The third-order valence-corrected chi connectivity index (χ3v) is 2.13. The molecule has 2 aromatic rings. The van der Waals surface area contributed by atoms with Crippen LogP contribution < -0.4 is 33.8 Å². The van der Waals surface area contributed by atoms with Gasteiger partial charge in [-0.1, -0.05) is 0 Å². The molecule has 0 saturated carbocycles. The quantitative estimate of drug-likeness (QED) is 0.262. The number of hydrazine groups is 3. The second-order valence-corrected chi connectivity index (χ2v) is 3.00. The molecule has 0 bridgehead atoms. The molecule has 2 rings (SSSR count). The van der Waals surface area contributed by atoms with E-state index in [1.807, 2.05) is 0 Å². The van der Waals surface area contributed by atoms with Gasteiger partial charge in [0.15, 0.2) is 11.5 Å². The third kappa shape index (κ3) is 1.37. The highest BCUT2D eigenvalue weighted by Gasteiger charge is 2.14. The Labute approximate surface area is 90.1 Å². The van der Waals surface area contributed by atoms with Crippen molar-refractivity contribution in [3.63, 3.8) is 0 Å². The van der Waals surface area contributed by atoms with E-state index in [1.54, 1.807) is 11.6 Å². The number of imidazole rings is 1. The van der Waals surface area contributed by atoms with E-state index in [9.17, 15) is 0 Å². The predicted molar refractivity (Wildman–Crippen MR) is 59.7 cm³/mol. The molecule has 2 heterocycles. The number of fused-ring (bicyclic) bond motifs is 1. The average molecular weight is 224 g/mol. The van der Waals surface area contributed by atoms with Gasteiger partial charge in [-0.2, -0.15) is 15.0 Å². The summed E-state index contributed by atoms with van der Waals surface area (Å²) in [6, 6.07) is 0. The van der Waals surface area contributed by atoms with Crippen molar-refractivity contribution in [2.24, 2.45) is 24.6 Å². The van der Waals surface area contributed by atoms with Gasteiger partial charge in [-0.25, -0.2) is 17.5 Å². The topological polar surface area (TPSA) is 158 Å². The highest BCUT2D eigenvalue weighted by molar-refractivity contribution is 5.86. The molecule has 0 radical (unpaired) electrons. The van der Waals surface area contributed by atoms with Crippen LogP contribution in [0.25, 0.3) is 11.2 Å². The molecule has 10 nitrogen and oxygen atoms in total. The minimum Gasteiger partial charge on any atom is -0.308 e. The molecule has 16 heavy (non-hydrogen) atoms. The Morgan fingerprint density at radius 2 is 1.75 bits per heavy atom. The summed E-state index contributed by atoms with van der Waals surface area (Å²) < 4.78 is 1.67. The lowest BCUT2D eigenvalue weighted by molar-refractivity contribution is 0.939. The number of nitrogens with two attached hydrogens (primary N) is 3. The Hall–Kier alpha value is -2.17. The summed E-state index contributed by atoms with van der Waals surface area (Å²) >= 11 is 0. The Morgan fingerprint density at radius 3 is 2.31 bits per heavy atom. The molecule has 10 heteroatoms. The smallest absolute Gasteiger partial charge is 0.241 e. The monoisotopic (exact) mass is 224 g/mol. The van der Waals surface area contributed by atoms with Gasteiger partial charge < -0.3 is 9.99 Å². The molecule has 0 fully saturated rings. The minimum atomic E-state index is 0.210. The third-order valence-electron chi connectivity index (χ3n) is 2.13. The van der Waals surface area contributed by atoms with Crippen LogP contribution in [0.5, 0.6) is 0 Å². The van der Waals surface area contributed by atoms with Gasteiger partial charge in [0.05, 0.1) is 0 Å². The lowest BCUT2D eigenvalue weighted by Crippen LogP contribution is -2.15. The first-order chi connectivity index (χ1) is 7.71. The van der Waals surface area contributed by atoms with E-state index in [1.165, 1.54) is 0 Å². The Morgan fingerprint density at radius 1 is 1.00 bits per heavy atom. The van der Waals surface area contributed by atoms with Crippen LogP contribution in [-0.4, -0.2) is 19.5 Å². The van der Waals surface area contributed by atoms with E-state index in [0.717, 1.165) is 0 Å². The highest BCUT2D eigenvalue weighted by atomic mass is 15.4. The van der Waals surface area contributed by atoms with Crippen LogP contribution in [0, 0.1) is 0 Å². The molecule has 0 aliphatic heterocycles. The Balaban J connectivity index is 2.76. The van der Waals surface area contributed by atoms with E-state index >= 15 is 0 Å². The Kier molecular flexibility index (Phi) is 2.44. The fourth-order valence-electron chi connectivity index (χ4n) is 1.41. The number of nitrogens with one attached hydrogen (secondary N) is 3. The molecule has 0 amide bonds. The number of anilines is 3. The Bertz CT molecular complexity index is 515. The molecule has 0 aliphatic carbocycles. The summed E-state index contributed by atoms with van der Waals surface area (Å²) in [5.41, 5.74) is 8.25. The van der Waals surface area contributed by atoms with Crippen molar-refractivity contribution in [2.75, 3.05) is 16.3 Å². The van der Waals surface area contributed by atoms with Crippen LogP contribution in [0.3, 0.4) is 0 Å². The van der Waals surface area contributed by atoms with E-state index in [2.05, 4.69) is 31.2 Å². The first-order valence-corrected chi connectivity index (χ1v) is 4.35. The molecule has 0 aliphatic rings. The van der Waals surface area contributed by atoms with Gasteiger partial charge in [0, 0.05) is 7.05 Å². The molecule has 0 saturated heterocycles. The standard InChI is InChI=1S/C6H12N10/c1-16-2-3(12-6(16)15-9)10-5(14-8)11-4(2)13-7/h7-9H2,1H3,(H3,10,11,12,13,14,15). The first-order valence-electron chi connectivity index (χ1n) is 4.35. The second-order valence-electron chi connectivity index (χ2n) is 3.00. The van der Waals surface area contributed by atoms with Crippen molar-refractivity contribution in [2.45, 2.75) is 0 Å². The summed E-state index contributed by atoms with van der Waals surface area (Å²) in [7, 11) is 1.75. The number of hydrogen-bond acceptors (Lipinski definition) is 9. The molecule has 0 atom stereocenters. The molecular formula is C6H12N10. The second kappa shape index (κ2) is 3.77. The molecule has 0 unspecified atom stereocenters. The summed E-state index contributed by atoms with van der Waals surface area (Å²) in [4.78, 5) is 12.2. The SMILES string of the molecule is Cn1c(NN)nc2nc(NN)nc(NN)c21. The molecule has 0 spiro atoms. The summed E-state index contributed by atoms with van der Waals surface area (Å²) in [6.45, 7) is 0. The number of rotatable bonds is 3. The normalized spacial score (nSPS) is 10.5. The van der Waals surface area contributed by atoms with Crippen LogP contribution in [-0.2, 0) is 7.05 Å². The van der Waals surface area contributed by atoms with Crippen LogP contribution >= 0.6 is 0 Å². The molecule has 0 aromatic carbocycles. The minimum absolute atomic E-state index is 0.210. The average Bonchev–Trinajstić information content (AvgIpc) is 2.65. The van der Waals surface area contributed by atoms with Gasteiger partial charge in [0.2, 0.25) is 11.9 Å². The zero-order valence-electron chi connectivity index (χ0n) is 8.52. The highest BCUT2D eigenvalue weighted by Crippen LogP contribution is 2.23. The van der Waals surface area contributed by atoms with Gasteiger partial charge in [-0.05, 0) is 0 Å². The number of aryl methyl sites for hydroxylation is 1. The zero-order valence-corrected chi connectivity index (χ0v) is 8.52. The van der Waals surface area contributed by atoms with E-state index in [-0.39, 0.29) is 5.95 Å².